The Hall–Kier alpha value is -1.98. The Balaban J connectivity index is 2.37. The average molecular weight is 225 g/mol. The van der Waals surface area contributed by atoms with Crippen LogP contribution < -0.4 is 5.43 Å². The molecule has 0 saturated heterocycles. The Kier molecular flexibility index (Phi) is 2.55. The number of nitrogens with one attached hydrogen (secondary N) is 1. The van der Waals surface area contributed by atoms with E-state index in [9.17, 15) is 13.6 Å². The van der Waals surface area contributed by atoms with Gasteiger partial charge in [-0.25, -0.2) is 14.2 Å². The zero-order valence-corrected chi connectivity index (χ0v) is 8.50. The number of hydrogen-bond acceptors (Lipinski definition) is 3. The van der Waals surface area contributed by atoms with Gasteiger partial charge in [-0.15, -0.1) is 0 Å². The molecule has 0 spiro atoms. The van der Waals surface area contributed by atoms with Gasteiger partial charge in [0, 0.05) is 12.6 Å². The second-order valence-corrected chi connectivity index (χ2v) is 3.46. The monoisotopic (exact) mass is 225 g/mol. The Morgan fingerprint density at radius 3 is 2.75 bits per heavy atom. The molecular weight excluding hydrogens is 216 g/mol. The molecule has 1 N–H and O–H groups in total. The van der Waals surface area contributed by atoms with Crippen molar-refractivity contribution in [3.8, 4) is 0 Å². The number of rotatable bonds is 1. The van der Waals surface area contributed by atoms with Crippen molar-refractivity contribution in [2.45, 2.75) is 0 Å². The molecule has 84 valence electrons. The molecule has 1 aromatic rings. The summed E-state index contributed by atoms with van der Waals surface area (Å²) in [4.78, 5) is 12.5. The molecule has 0 radical (unpaired) electrons. The second-order valence-electron chi connectivity index (χ2n) is 3.46. The molecule has 1 aromatic carbocycles. The molecule has 0 aliphatic carbocycles. The highest BCUT2D eigenvalue weighted by Gasteiger charge is 2.19. The summed E-state index contributed by atoms with van der Waals surface area (Å²) in [5.74, 6) is -1.69. The smallest absolute Gasteiger partial charge is 0.259 e. The van der Waals surface area contributed by atoms with E-state index in [4.69, 9.17) is 0 Å². The number of likely N-dealkylation sites (N-methyl/N-ethyl adjacent to an activating group) is 1. The van der Waals surface area contributed by atoms with E-state index in [-0.39, 0.29) is 12.5 Å². The zero-order chi connectivity index (χ0) is 11.7. The molecule has 0 bridgehead atoms. The van der Waals surface area contributed by atoms with Gasteiger partial charge in [-0.1, -0.05) is 0 Å². The molecule has 0 saturated carbocycles. The second kappa shape index (κ2) is 3.88. The van der Waals surface area contributed by atoms with Crippen molar-refractivity contribution in [1.82, 2.24) is 10.3 Å². The summed E-state index contributed by atoms with van der Waals surface area (Å²) in [7, 11) is 1.65. The Bertz CT molecular complexity index is 473. The van der Waals surface area contributed by atoms with Gasteiger partial charge < -0.3 is 4.90 Å². The standard InChI is InChI=1S/C10H9F2N3O/c1-15-5-9(16)13-14-10(15)6-2-3-7(11)8(12)4-6/h2-4H,5H2,1H3,(H,13,16). The highest BCUT2D eigenvalue weighted by Crippen LogP contribution is 2.12. The van der Waals surface area contributed by atoms with Crippen LogP contribution in [0.25, 0.3) is 0 Å². The lowest BCUT2D eigenvalue weighted by Crippen LogP contribution is -2.43. The van der Waals surface area contributed by atoms with Crippen LogP contribution in [0.15, 0.2) is 23.3 Å². The third-order valence-corrected chi connectivity index (χ3v) is 2.21. The first-order valence-electron chi connectivity index (χ1n) is 4.61. The van der Waals surface area contributed by atoms with Crippen LogP contribution in [0.2, 0.25) is 0 Å². The lowest BCUT2D eigenvalue weighted by molar-refractivity contribution is -0.121. The summed E-state index contributed by atoms with van der Waals surface area (Å²) >= 11 is 0. The van der Waals surface area contributed by atoms with Crippen molar-refractivity contribution < 1.29 is 13.6 Å². The van der Waals surface area contributed by atoms with Gasteiger partial charge in [-0.05, 0) is 18.2 Å². The molecule has 16 heavy (non-hydrogen) atoms. The number of nitrogens with zero attached hydrogens (tertiary/aromatic N) is 2. The quantitative estimate of drug-likeness (QED) is 0.764. The molecule has 0 fully saturated rings. The third-order valence-electron chi connectivity index (χ3n) is 2.21. The molecule has 0 unspecified atom stereocenters. The van der Waals surface area contributed by atoms with Crippen molar-refractivity contribution in [2.75, 3.05) is 13.6 Å². The molecule has 1 aliphatic rings. The van der Waals surface area contributed by atoms with Crippen LogP contribution in [0.3, 0.4) is 0 Å². The normalized spacial score (nSPS) is 15.8. The molecule has 4 nitrogen and oxygen atoms in total. The minimum atomic E-state index is -0.939. The summed E-state index contributed by atoms with van der Waals surface area (Å²) in [6.07, 6.45) is 0. The van der Waals surface area contributed by atoms with E-state index in [1.807, 2.05) is 0 Å². The van der Waals surface area contributed by atoms with Crippen molar-refractivity contribution >= 4 is 11.7 Å². The van der Waals surface area contributed by atoms with Crippen LogP contribution >= 0.6 is 0 Å². The topological polar surface area (TPSA) is 44.7 Å². The predicted octanol–water partition coefficient (Wildman–Crippen LogP) is 0.688. The highest BCUT2D eigenvalue weighted by atomic mass is 19.2. The van der Waals surface area contributed by atoms with Gasteiger partial charge >= 0.3 is 0 Å². The average Bonchev–Trinajstić information content (AvgIpc) is 2.22. The molecule has 1 heterocycles. The summed E-state index contributed by atoms with van der Waals surface area (Å²) < 4.78 is 25.7. The Labute approximate surface area is 90.6 Å². The van der Waals surface area contributed by atoms with Gasteiger partial charge in [0.15, 0.2) is 17.5 Å². The Morgan fingerprint density at radius 1 is 1.38 bits per heavy atom. The number of hydrogen-bond donors (Lipinski definition) is 1. The predicted molar refractivity (Wildman–Crippen MR) is 53.7 cm³/mol. The fraction of sp³-hybridized carbons (Fsp3) is 0.200. The van der Waals surface area contributed by atoms with Crippen LogP contribution in [0.1, 0.15) is 5.56 Å². The lowest BCUT2D eigenvalue weighted by atomic mass is 10.1. The minimum absolute atomic E-state index is 0.137. The van der Waals surface area contributed by atoms with Crippen LogP contribution in [0.4, 0.5) is 8.78 Å². The van der Waals surface area contributed by atoms with E-state index in [1.54, 1.807) is 11.9 Å². The molecule has 0 atom stereocenters. The van der Waals surface area contributed by atoms with Gasteiger partial charge in [0.05, 0.1) is 6.54 Å². The summed E-state index contributed by atoms with van der Waals surface area (Å²) in [5.41, 5.74) is 2.70. The van der Waals surface area contributed by atoms with Gasteiger partial charge in [0.2, 0.25) is 0 Å². The van der Waals surface area contributed by atoms with Crippen LogP contribution in [-0.4, -0.2) is 30.2 Å². The highest BCUT2D eigenvalue weighted by molar-refractivity contribution is 6.02. The lowest BCUT2D eigenvalue weighted by Gasteiger charge is -2.24. The van der Waals surface area contributed by atoms with E-state index in [2.05, 4.69) is 10.5 Å². The number of amides is 1. The van der Waals surface area contributed by atoms with E-state index in [1.165, 1.54) is 6.07 Å². The first-order chi connectivity index (χ1) is 7.58. The van der Waals surface area contributed by atoms with E-state index in [0.717, 1.165) is 12.1 Å². The summed E-state index contributed by atoms with van der Waals surface area (Å²) in [5, 5.41) is 3.79. The molecule has 6 heteroatoms. The maximum Gasteiger partial charge on any atom is 0.259 e. The van der Waals surface area contributed by atoms with Crippen LogP contribution in [-0.2, 0) is 4.79 Å². The van der Waals surface area contributed by atoms with Crippen molar-refractivity contribution in [3.63, 3.8) is 0 Å². The fourth-order valence-electron chi connectivity index (χ4n) is 1.45. The van der Waals surface area contributed by atoms with Gasteiger partial charge in [0.25, 0.3) is 5.91 Å². The first kappa shape index (κ1) is 10.5. The number of carbonyl (C=O) groups is 1. The van der Waals surface area contributed by atoms with Crippen molar-refractivity contribution in [1.29, 1.82) is 0 Å². The SMILES string of the molecule is CN1CC(=O)NN=C1c1ccc(F)c(F)c1. The molecule has 1 aliphatic heterocycles. The number of hydrazone groups is 1. The van der Waals surface area contributed by atoms with Crippen LogP contribution in [0, 0.1) is 11.6 Å². The van der Waals surface area contributed by atoms with Gasteiger partial charge in [0.1, 0.15) is 0 Å². The number of benzene rings is 1. The number of carbonyl (C=O) groups excluding carboxylic acids is 1. The van der Waals surface area contributed by atoms with Gasteiger partial charge in [-0.2, -0.15) is 5.10 Å². The third kappa shape index (κ3) is 1.86. The van der Waals surface area contributed by atoms with Crippen molar-refractivity contribution in [3.05, 3.63) is 35.4 Å². The zero-order valence-electron chi connectivity index (χ0n) is 8.50. The number of halogens is 2. The van der Waals surface area contributed by atoms with E-state index >= 15 is 0 Å². The maximum absolute atomic E-state index is 13.0. The van der Waals surface area contributed by atoms with E-state index in [0.29, 0.717) is 11.4 Å². The number of amidine groups is 1. The maximum atomic E-state index is 13.0. The molecule has 2 rings (SSSR count). The van der Waals surface area contributed by atoms with E-state index < -0.39 is 11.6 Å². The minimum Gasteiger partial charge on any atom is -0.348 e. The van der Waals surface area contributed by atoms with Crippen molar-refractivity contribution in [2.24, 2.45) is 5.10 Å². The molecule has 0 aromatic heterocycles. The largest absolute Gasteiger partial charge is 0.348 e. The first-order valence-corrected chi connectivity index (χ1v) is 4.61. The Morgan fingerprint density at radius 2 is 2.12 bits per heavy atom. The molecule has 1 amide bonds. The van der Waals surface area contributed by atoms with Crippen LogP contribution in [0.5, 0.6) is 0 Å². The summed E-state index contributed by atoms with van der Waals surface area (Å²) in [6, 6.07) is 3.48. The van der Waals surface area contributed by atoms with Gasteiger partial charge in [-0.3, -0.25) is 4.79 Å². The summed E-state index contributed by atoms with van der Waals surface area (Å²) in [6.45, 7) is 0.137. The molecular formula is C10H9F2N3O. The fourth-order valence-corrected chi connectivity index (χ4v) is 1.45.